The third-order valence-electron chi connectivity index (χ3n) is 4.36. The third-order valence-corrected chi connectivity index (χ3v) is 4.36. The Hall–Kier alpha value is -2.41. The van der Waals surface area contributed by atoms with Gasteiger partial charge in [-0.3, -0.25) is 0 Å². The van der Waals surface area contributed by atoms with Gasteiger partial charge in [-0.1, -0.05) is 74.9 Å². The van der Waals surface area contributed by atoms with Gasteiger partial charge in [-0.15, -0.1) is 0 Å². The highest BCUT2D eigenvalue weighted by Crippen LogP contribution is 2.33. The molecule has 122 valence electrons. The molecule has 3 aromatic carbocycles. The Morgan fingerprint density at radius 1 is 0.625 bits per heavy atom. The average Bonchev–Trinajstić information content (AvgIpc) is 2.55. The number of benzene rings is 3. The highest BCUT2D eigenvalue weighted by atomic mass is 19.1. The first kappa shape index (κ1) is 16.4. The van der Waals surface area contributed by atoms with E-state index in [9.17, 15) is 4.39 Å². The summed E-state index contributed by atoms with van der Waals surface area (Å²) in [6.45, 7) is 8.75. The summed E-state index contributed by atoms with van der Waals surface area (Å²) in [5.74, 6) is -0.204. The van der Waals surface area contributed by atoms with Crippen LogP contribution < -0.4 is 0 Å². The quantitative estimate of drug-likeness (QED) is 0.489. The Labute approximate surface area is 144 Å². The Bertz CT molecular complexity index is 771. The van der Waals surface area contributed by atoms with E-state index in [0.29, 0.717) is 0 Å². The van der Waals surface area contributed by atoms with Gasteiger partial charge in [0.15, 0.2) is 0 Å². The maximum absolute atomic E-state index is 13.3. The summed E-state index contributed by atoms with van der Waals surface area (Å²) in [5, 5.41) is 0. The van der Waals surface area contributed by atoms with Crippen molar-refractivity contribution in [3.8, 4) is 22.3 Å². The van der Waals surface area contributed by atoms with Gasteiger partial charge in [0.25, 0.3) is 0 Å². The maximum atomic E-state index is 13.3. The molecule has 0 aromatic heterocycles. The van der Waals surface area contributed by atoms with E-state index in [1.165, 1.54) is 34.4 Å². The van der Waals surface area contributed by atoms with E-state index in [4.69, 9.17) is 0 Å². The molecule has 0 spiro atoms. The van der Waals surface area contributed by atoms with Crippen molar-refractivity contribution in [2.24, 2.45) is 0 Å². The zero-order valence-corrected chi connectivity index (χ0v) is 14.7. The summed E-state index contributed by atoms with van der Waals surface area (Å²) in [6, 6.07) is 22.0. The van der Waals surface area contributed by atoms with Crippen LogP contribution in [0, 0.1) is 12.7 Å². The maximum Gasteiger partial charge on any atom is 0.123 e. The second kappa shape index (κ2) is 6.24. The van der Waals surface area contributed by atoms with Crippen LogP contribution in [0.1, 0.15) is 31.9 Å². The molecule has 0 radical (unpaired) electrons. The minimum absolute atomic E-state index is 0.0511. The van der Waals surface area contributed by atoms with Gasteiger partial charge in [-0.2, -0.15) is 0 Å². The monoisotopic (exact) mass is 318 g/mol. The summed E-state index contributed by atoms with van der Waals surface area (Å²) < 4.78 is 13.3. The molecule has 0 aliphatic heterocycles. The standard InChI is InChI=1S/C23H23F/c1-16-5-7-17(8-6-16)19-13-20(15-21(14-19)23(2,3)4)18-9-11-22(24)12-10-18/h5-15H,1-4H3. The molecule has 0 saturated heterocycles. The molecular formula is C23H23F. The van der Waals surface area contributed by atoms with Crippen LogP contribution in [-0.4, -0.2) is 0 Å². The van der Waals surface area contributed by atoms with Gasteiger partial charge in [-0.25, -0.2) is 4.39 Å². The highest BCUT2D eigenvalue weighted by Gasteiger charge is 2.16. The van der Waals surface area contributed by atoms with Crippen LogP contribution in [0.15, 0.2) is 66.7 Å². The first-order valence-electron chi connectivity index (χ1n) is 8.31. The summed E-state index contributed by atoms with van der Waals surface area (Å²) in [7, 11) is 0. The van der Waals surface area contributed by atoms with Gasteiger partial charge >= 0.3 is 0 Å². The number of aryl methyl sites for hydroxylation is 1. The summed E-state index contributed by atoms with van der Waals surface area (Å²) in [6.07, 6.45) is 0. The topological polar surface area (TPSA) is 0 Å². The van der Waals surface area contributed by atoms with E-state index in [1.54, 1.807) is 0 Å². The molecule has 0 aliphatic rings. The SMILES string of the molecule is Cc1ccc(-c2cc(-c3ccc(F)cc3)cc(C(C)(C)C)c2)cc1. The lowest BCUT2D eigenvalue weighted by atomic mass is 9.83. The average molecular weight is 318 g/mol. The minimum Gasteiger partial charge on any atom is -0.207 e. The van der Waals surface area contributed by atoms with Gasteiger partial charge in [-0.05, 0) is 58.4 Å². The van der Waals surface area contributed by atoms with Gasteiger partial charge in [0, 0.05) is 0 Å². The van der Waals surface area contributed by atoms with E-state index in [-0.39, 0.29) is 11.2 Å². The molecule has 0 saturated carbocycles. The lowest BCUT2D eigenvalue weighted by Crippen LogP contribution is -2.11. The molecule has 3 rings (SSSR count). The van der Waals surface area contributed by atoms with Crippen LogP contribution in [0.3, 0.4) is 0 Å². The summed E-state index contributed by atoms with van der Waals surface area (Å²) in [4.78, 5) is 0. The van der Waals surface area contributed by atoms with Crippen LogP contribution in [-0.2, 0) is 5.41 Å². The third kappa shape index (κ3) is 3.56. The van der Waals surface area contributed by atoms with Gasteiger partial charge < -0.3 is 0 Å². The molecule has 1 heteroatoms. The van der Waals surface area contributed by atoms with E-state index in [0.717, 1.165) is 11.1 Å². The molecule has 0 nitrogen and oxygen atoms in total. The molecule has 0 heterocycles. The van der Waals surface area contributed by atoms with Crippen molar-refractivity contribution in [3.63, 3.8) is 0 Å². The zero-order chi connectivity index (χ0) is 17.3. The lowest BCUT2D eigenvalue weighted by molar-refractivity contribution is 0.590. The number of rotatable bonds is 2. The van der Waals surface area contributed by atoms with Crippen LogP contribution >= 0.6 is 0 Å². The van der Waals surface area contributed by atoms with E-state index in [1.807, 2.05) is 12.1 Å². The fourth-order valence-corrected chi connectivity index (χ4v) is 2.78. The van der Waals surface area contributed by atoms with Crippen LogP contribution in [0.4, 0.5) is 4.39 Å². The van der Waals surface area contributed by atoms with Crippen LogP contribution in [0.5, 0.6) is 0 Å². The minimum atomic E-state index is -0.204. The molecule has 0 bridgehead atoms. The number of hydrogen-bond acceptors (Lipinski definition) is 0. The van der Waals surface area contributed by atoms with Gasteiger partial charge in [0.1, 0.15) is 5.82 Å². The van der Waals surface area contributed by atoms with Crippen molar-refractivity contribution in [3.05, 3.63) is 83.7 Å². The Kier molecular flexibility index (Phi) is 4.28. The molecular weight excluding hydrogens is 295 g/mol. The fraction of sp³-hybridized carbons (Fsp3) is 0.217. The summed E-state index contributed by atoms with van der Waals surface area (Å²) in [5.41, 5.74) is 7.14. The first-order chi connectivity index (χ1) is 11.3. The Balaban J connectivity index is 2.17. The predicted molar refractivity (Wildman–Crippen MR) is 101 cm³/mol. The molecule has 0 atom stereocenters. The number of halogens is 1. The Morgan fingerprint density at radius 3 is 1.54 bits per heavy atom. The van der Waals surface area contributed by atoms with Crippen molar-refractivity contribution in [1.82, 2.24) is 0 Å². The van der Waals surface area contributed by atoms with E-state index < -0.39 is 0 Å². The largest absolute Gasteiger partial charge is 0.207 e. The lowest BCUT2D eigenvalue weighted by Gasteiger charge is -2.22. The van der Waals surface area contributed by atoms with Crippen molar-refractivity contribution in [1.29, 1.82) is 0 Å². The molecule has 0 amide bonds. The molecule has 3 aromatic rings. The number of hydrogen-bond donors (Lipinski definition) is 0. The van der Waals surface area contributed by atoms with Crippen LogP contribution in [0.25, 0.3) is 22.3 Å². The molecule has 0 aliphatic carbocycles. The second-order valence-corrected chi connectivity index (χ2v) is 7.42. The smallest absolute Gasteiger partial charge is 0.123 e. The van der Waals surface area contributed by atoms with E-state index >= 15 is 0 Å². The van der Waals surface area contributed by atoms with Crippen molar-refractivity contribution in [2.45, 2.75) is 33.1 Å². The Morgan fingerprint density at radius 2 is 1.08 bits per heavy atom. The van der Waals surface area contributed by atoms with Crippen LogP contribution in [0.2, 0.25) is 0 Å². The van der Waals surface area contributed by atoms with Gasteiger partial charge in [0.05, 0.1) is 0 Å². The van der Waals surface area contributed by atoms with Gasteiger partial charge in [0.2, 0.25) is 0 Å². The van der Waals surface area contributed by atoms with E-state index in [2.05, 4.69) is 70.2 Å². The second-order valence-electron chi connectivity index (χ2n) is 7.42. The van der Waals surface area contributed by atoms with Crippen molar-refractivity contribution in [2.75, 3.05) is 0 Å². The first-order valence-corrected chi connectivity index (χ1v) is 8.31. The normalized spacial score (nSPS) is 11.5. The molecule has 0 unspecified atom stereocenters. The van der Waals surface area contributed by atoms with Crippen molar-refractivity contribution >= 4 is 0 Å². The molecule has 0 fully saturated rings. The molecule has 24 heavy (non-hydrogen) atoms. The highest BCUT2D eigenvalue weighted by molar-refractivity contribution is 5.74. The predicted octanol–water partition coefficient (Wildman–Crippen LogP) is 6.77. The summed E-state index contributed by atoms with van der Waals surface area (Å²) >= 11 is 0. The fourth-order valence-electron chi connectivity index (χ4n) is 2.78. The zero-order valence-electron chi connectivity index (χ0n) is 14.7. The molecule has 0 N–H and O–H groups in total. The van der Waals surface area contributed by atoms with Crippen molar-refractivity contribution < 1.29 is 4.39 Å².